The third kappa shape index (κ3) is 4.68. The fourth-order valence-electron chi connectivity index (χ4n) is 2.67. The number of aliphatic carboxylic acids is 1. The number of fused-ring (bicyclic) bond motifs is 1. The number of amides is 1. The van der Waals surface area contributed by atoms with E-state index in [1.165, 1.54) is 6.33 Å². The molecule has 0 aliphatic rings. The molecule has 4 N–H and O–H groups in total. The van der Waals surface area contributed by atoms with Gasteiger partial charge in [-0.05, 0) is 23.8 Å². The summed E-state index contributed by atoms with van der Waals surface area (Å²) in [6.45, 7) is -0.133. The van der Waals surface area contributed by atoms with Crippen molar-refractivity contribution in [2.24, 2.45) is 0 Å². The van der Waals surface area contributed by atoms with Gasteiger partial charge in [0.2, 0.25) is 5.91 Å². The number of aromatic nitrogens is 2. The predicted octanol–water partition coefficient (Wildman–Crippen LogP) is 2.35. The zero-order chi connectivity index (χ0) is 19.9. The van der Waals surface area contributed by atoms with Crippen molar-refractivity contribution in [3.63, 3.8) is 0 Å². The van der Waals surface area contributed by atoms with Crippen molar-refractivity contribution in [3.05, 3.63) is 72.6 Å². The first-order valence-corrected chi connectivity index (χ1v) is 8.46. The Bertz CT molecular complexity index is 1020. The van der Waals surface area contributed by atoms with Gasteiger partial charge in [-0.1, -0.05) is 30.3 Å². The van der Waals surface area contributed by atoms with Gasteiger partial charge in [-0.3, -0.25) is 4.79 Å². The molecule has 28 heavy (non-hydrogen) atoms. The average molecular weight is 378 g/mol. The number of aliphatic hydroxyl groups excluding tert-OH is 1. The molecule has 142 valence electrons. The van der Waals surface area contributed by atoms with Crippen LogP contribution in [0.3, 0.4) is 0 Å². The van der Waals surface area contributed by atoms with Crippen molar-refractivity contribution in [1.82, 2.24) is 9.97 Å². The van der Waals surface area contributed by atoms with Gasteiger partial charge in [0, 0.05) is 23.2 Å². The predicted molar refractivity (Wildman–Crippen MR) is 105 cm³/mol. The molecule has 1 aromatic heterocycles. The number of carbonyl (C=O) groups is 2. The van der Waals surface area contributed by atoms with E-state index < -0.39 is 11.9 Å². The van der Waals surface area contributed by atoms with E-state index in [9.17, 15) is 14.7 Å². The summed E-state index contributed by atoms with van der Waals surface area (Å²) in [6.07, 6.45) is 3.11. The molecule has 1 atom stereocenters. The SMILES string of the molecule is O=C(O)C=CC(=O)Nc1ccc2ncnc(NC(CO)c3ccccc3)c2c1. The molecule has 0 fully saturated rings. The number of hydrogen-bond acceptors (Lipinski definition) is 6. The van der Waals surface area contributed by atoms with E-state index in [1.807, 2.05) is 30.3 Å². The van der Waals surface area contributed by atoms with Crippen LogP contribution in [0.4, 0.5) is 11.5 Å². The molecule has 0 aliphatic carbocycles. The largest absolute Gasteiger partial charge is 0.478 e. The topological polar surface area (TPSA) is 124 Å². The quantitative estimate of drug-likeness (QED) is 0.465. The van der Waals surface area contributed by atoms with Crippen molar-refractivity contribution < 1.29 is 19.8 Å². The number of carbonyl (C=O) groups excluding carboxylic acids is 1. The minimum atomic E-state index is -1.20. The second kappa shape index (κ2) is 8.74. The van der Waals surface area contributed by atoms with Gasteiger partial charge >= 0.3 is 5.97 Å². The summed E-state index contributed by atoms with van der Waals surface area (Å²) in [5.41, 5.74) is 2.02. The lowest BCUT2D eigenvalue weighted by Crippen LogP contribution is -2.16. The summed E-state index contributed by atoms with van der Waals surface area (Å²) < 4.78 is 0. The molecule has 1 heterocycles. The summed E-state index contributed by atoms with van der Waals surface area (Å²) in [7, 11) is 0. The Hall–Kier alpha value is -3.78. The van der Waals surface area contributed by atoms with Crippen molar-refractivity contribution in [2.75, 3.05) is 17.2 Å². The molecule has 8 heteroatoms. The Morgan fingerprint density at radius 1 is 1.07 bits per heavy atom. The van der Waals surface area contributed by atoms with Crippen molar-refractivity contribution in [1.29, 1.82) is 0 Å². The number of rotatable bonds is 7. The van der Waals surface area contributed by atoms with Gasteiger partial charge < -0.3 is 20.8 Å². The Morgan fingerprint density at radius 2 is 1.86 bits per heavy atom. The molecule has 0 spiro atoms. The van der Waals surface area contributed by atoms with E-state index in [-0.39, 0.29) is 12.6 Å². The molecule has 1 amide bonds. The third-order valence-corrected chi connectivity index (χ3v) is 3.98. The number of anilines is 2. The van der Waals surface area contributed by atoms with Crippen molar-refractivity contribution in [3.8, 4) is 0 Å². The monoisotopic (exact) mass is 378 g/mol. The molecule has 0 bridgehead atoms. The fourth-order valence-corrected chi connectivity index (χ4v) is 2.67. The smallest absolute Gasteiger partial charge is 0.328 e. The Morgan fingerprint density at radius 3 is 2.57 bits per heavy atom. The van der Waals surface area contributed by atoms with Crippen LogP contribution in [-0.2, 0) is 9.59 Å². The van der Waals surface area contributed by atoms with Gasteiger partial charge in [-0.25, -0.2) is 14.8 Å². The van der Waals surface area contributed by atoms with E-state index in [0.29, 0.717) is 22.4 Å². The first kappa shape index (κ1) is 19.0. The van der Waals surface area contributed by atoms with E-state index in [0.717, 1.165) is 17.7 Å². The Balaban J connectivity index is 1.88. The van der Waals surface area contributed by atoms with Crippen LogP contribution in [0.1, 0.15) is 11.6 Å². The summed E-state index contributed by atoms with van der Waals surface area (Å²) in [4.78, 5) is 30.8. The normalized spacial score (nSPS) is 12.0. The summed E-state index contributed by atoms with van der Waals surface area (Å²) in [5.74, 6) is -1.26. The van der Waals surface area contributed by atoms with Crippen molar-refractivity contribution >= 4 is 34.3 Å². The number of aliphatic hydroxyl groups is 1. The molecule has 3 aromatic rings. The van der Waals surface area contributed by atoms with E-state index >= 15 is 0 Å². The molecule has 2 aromatic carbocycles. The zero-order valence-corrected chi connectivity index (χ0v) is 14.7. The number of benzene rings is 2. The number of carboxylic acid groups (broad SMARTS) is 1. The molecule has 0 saturated carbocycles. The molecule has 0 radical (unpaired) electrons. The maximum atomic E-state index is 11.8. The zero-order valence-electron chi connectivity index (χ0n) is 14.7. The van der Waals surface area contributed by atoms with Gasteiger partial charge in [0.15, 0.2) is 0 Å². The maximum absolute atomic E-state index is 11.8. The van der Waals surface area contributed by atoms with Crippen LogP contribution in [0.5, 0.6) is 0 Å². The van der Waals surface area contributed by atoms with Gasteiger partial charge in [-0.2, -0.15) is 0 Å². The first-order chi connectivity index (χ1) is 13.6. The van der Waals surface area contributed by atoms with Crippen LogP contribution in [0.2, 0.25) is 0 Å². The van der Waals surface area contributed by atoms with Crippen LogP contribution >= 0.6 is 0 Å². The number of carboxylic acids is 1. The molecule has 0 aliphatic heterocycles. The second-order valence-corrected chi connectivity index (χ2v) is 5.91. The fraction of sp³-hybridized carbons (Fsp3) is 0.100. The van der Waals surface area contributed by atoms with Crippen LogP contribution in [0.15, 0.2) is 67.0 Å². The van der Waals surface area contributed by atoms with Gasteiger partial charge in [-0.15, -0.1) is 0 Å². The lowest BCUT2D eigenvalue weighted by Gasteiger charge is -2.18. The average Bonchev–Trinajstić information content (AvgIpc) is 2.71. The molecular formula is C20H18N4O4. The first-order valence-electron chi connectivity index (χ1n) is 8.46. The molecule has 8 nitrogen and oxygen atoms in total. The standard InChI is InChI=1S/C20H18N4O4/c25-11-17(13-4-2-1-3-5-13)24-20-15-10-14(6-7-16(15)21-12-22-20)23-18(26)8-9-19(27)28/h1-10,12,17,25H,11H2,(H,23,26)(H,27,28)(H,21,22,24). The Kier molecular flexibility index (Phi) is 5.93. The molecular weight excluding hydrogens is 360 g/mol. The van der Waals surface area contributed by atoms with E-state index in [2.05, 4.69) is 20.6 Å². The maximum Gasteiger partial charge on any atom is 0.328 e. The highest BCUT2D eigenvalue weighted by atomic mass is 16.4. The lowest BCUT2D eigenvalue weighted by molar-refractivity contribution is -0.131. The van der Waals surface area contributed by atoms with Crippen molar-refractivity contribution in [2.45, 2.75) is 6.04 Å². The molecule has 3 rings (SSSR count). The summed E-state index contributed by atoms with van der Waals surface area (Å²) in [6, 6.07) is 14.2. The highest BCUT2D eigenvalue weighted by Gasteiger charge is 2.13. The molecule has 1 unspecified atom stereocenters. The summed E-state index contributed by atoms with van der Waals surface area (Å²) >= 11 is 0. The number of nitrogens with zero attached hydrogens (tertiary/aromatic N) is 2. The number of hydrogen-bond donors (Lipinski definition) is 4. The van der Waals surface area contributed by atoms with Crippen LogP contribution < -0.4 is 10.6 Å². The van der Waals surface area contributed by atoms with Crippen LogP contribution in [-0.4, -0.2) is 38.7 Å². The van der Waals surface area contributed by atoms with E-state index in [1.54, 1.807) is 18.2 Å². The number of nitrogens with one attached hydrogen (secondary N) is 2. The minimum Gasteiger partial charge on any atom is -0.478 e. The van der Waals surface area contributed by atoms with Gasteiger partial charge in [0.25, 0.3) is 0 Å². The van der Waals surface area contributed by atoms with Gasteiger partial charge in [0.1, 0.15) is 12.1 Å². The summed E-state index contributed by atoms with van der Waals surface area (Å²) in [5, 5.41) is 24.8. The highest BCUT2D eigenvalue weighted by molar-refractivity contribution is 6.03. The van der Waals surface area contributed by atoms with Gasteiger partial charge in [0.05, 0.1) is 18.2 Å². The van der Waals surface area contributed by atoms with Crippen LogP contribution in [0, 0.1) is 0 Å². The highest BCUT2D eigenvalue weighted by Crippen LogP contribution is 2.26. The third-order valence-electron chi connectivity index (χ3n) is 3.98. The van der Waals surface area contributed by atoms with E-state index in [4.69, 9.17) is 5.11 Å². The lowest BCUT2D eigenvalue weighted by atomic mass is 10.1. The minimum absolute atomic E-state index is 0.133. The van der Waals surface area contributed by atoms with Crippen LogP contribution in [0.25, 0.3) is 10.9 Å². The molecule has 0 saturated heterocycles. The second-order valence-electron chi connectivity index (χ2n) is 5.91. The Labute approximate surface area is 160 Å².